The van der Waals surface area contributed by atoms with Crippen LogP contribution in [-0.2, 0) is 19.1 Å². The van der Waals surface area contributed by atoms with E-state index in [1.165, 1.54) is 0 Å². The number of nitrogens with one attached hydrogen (secondary N) is 1. The standard InChI is InChI=1S/C16H29NO5/c1-8-9-10-11(18)12(13(19)21-15(2,3)4)17-14(20)22-16(5,6)7/h12H,8-10H2,1-7H3,(H,17,20)/t12-/m0/s1. The topological polar surface area (TPSA) is 81.7 Å². The minimum atomic E-state index is -1.33. The largest absolute Gasteiger partial charge is 0.458 e. The molecule has 0 aromatic carbocycles. The summed E-state index contributed by atoms with van der Waals surface area (Å²) < 4.78 is 10.3. The van der Waals surface area contributed by atoms with Crippen molar-refractivity contribution in [3.8, 4) is 0 Å². The molecule has 0 saturated heterocycles. The first-order valence-electron chi connectivity index (χ1n) is 7.61. The molecule has 0 saturated carbocycles. The second-order valence-electron chi connectivity index (χ2n) is 7.18. The van der Waals surface area contributed by atoms with Crippen molar-refractivity contribution in [2.75, 3.05) is 0 Å². The highest BCUT2D eigenvalue weighted by Gasteiger charge is 2.33. The van der Waals surface area contributed by atoms with E-state index in [0.717, 1.165) is 6.42 Å². The summed E-state index contributed by atoms with van der Waals surface area (Å²) in [5.41, 5.74) is -1.45. The minimum Gasteiger partial charge on any atom is -0.458 e. The number of carbonyl (C=O) groups excluding carboxylic acids is 3. The van der Waals surface area contributed by atoms with Gasteiger partial charge in [0.15, 0.2) is 11.8 Å². The van der Waals surface area contributed by atoms with Crippen LogP contribution >= 0.6 is 0 Å². The van der Waals surface area contributed by atoms with Crippen molar-refractivity contribution in [2.45, 2.75) is 85.0 Å². The van der Waals surface area contributed by atoms with E-state index in [0.29, 0.717) is 6.42 Å². The first kappa shape index (κ1) is 20.4. The van der Waals surface area contributed by atoms with E-state index in [1.807, 2.05) is 6.92 Å². The van der Waals surface area contributed by atoms with Crippen molar-refractivity contribution >= 4 is 17.8 Å². The molecule has 0 aliphatic rings. The fraction of sp³-hybridized carbons (Fsp3) is 0.812. The molecule has 0 heterocycles. The second-order valence-corrected chi connectivity index (χ2v) is 7.18. The van der Waals surface area contributed by atoms with Crippen LogP contribution in [0.4, 0.5) is 4.79 Å². The Bertz CT molecular complexity index is 404. The van der Waals surface area contributed by atoms with Crippen LogP contribution in [0, 0.1) is 0 Å². The number of rotatable bonds is 6. The number of esters is 1. The number of ether oxygens (including phenoxy) is 2. The highest BCUT2D eigenvalue weighted by molar-refractivity contribution is 6.05. The average molecular weight is 315 g/mol. The maximum Gasteiger partial charge on any atom is 0.408 e. The lowest BCUT2D eigenvalue weighted by Gasteiger charge is -2.25. The van der Waals surface area contributed by atoms with Gasteiger partial charge in [0.25, 0.3) is 0 Å². The van der Waals surface area contributed by atoms with Crippen molar-refractivity contribution in [1.29, 1.82) is 0 Å². The molecule has 1 N–H and O–H groups in total. The van der Waals surface area contributed by atoms with Crippen molar-refractivity contribution in [3.05, 3.63) is 0 Å². The van der Waals surface area contributed by atoms with Crippen LogP contribution in [0.25, 0.3) is 0 Å². The van der Waals surface area contributed by atoms with E-state index in [9.17, 15) is 14.4 Å². The minimum absolute atomic E-state index is 0.205. The number of unbranched alkanes of at least 4 members (excludes halogenated alkanes) is 1. The summed E-state index contributed by atoms with van der Waals surface area (Å²) in [6.07, 6.45) is 0.858. The van der Waals surface area contributed by atoms with Gasteiger partial charge in [-0.2, -0.15) is 0 Å². The van der Waals surface area contributed by atoms with Gasteiger partial charge in [-0.05, 0) is 48.0 Å². The van der Waals surface area contributed by atoms with E-state index < -0.39 is 29.3 Å². The third-order valence-corrected chi connectivity index (χ3v) is 2.40. The molecular weight excluding hydrogens is 286 g/mol. The summed E-state index contributed by atoms with van der Waals surface area (Å²) in [4.78, 5) is 36.1. The highest BCUT2D eigenvalue weighted by atomic mass is 16.6. The van der Waals surface area contributed by atoms with Gasteiger partial charge in [-0.1, -0.05) is 13.3 Å². The van der Waals surface area contributed by atoms with Gasteiger partial charge in [0.2, 0.25) is 0 Å². The molecule has 0 radical (unpaired) electrons. The van der Waals surface area contributed by atoms with Gasteiger partial charge in [-0.3, -0.25) is 4.79 Å². The fourth-order valence-electron chi connectivity index (χ4n) is 1.55. The number of alkyl carbamates (subject to hydrolysis) is 1. The lowest BCUT2D eigenvalue weighted by molar-refractivity contribution is -0.159. The Labute approximate surface area is 132 Å². The van der Waals surface area contributed by atoms with E-state index in [4.69, 9.17) is 9.47 Å². The molecular formula is C16H29NO5. The molecule has 0 fully saturated rings. The molecule has 6 heteroatoms. The van der Waals surface area contributed by atoms with E-state index in [-0.39, 0.29) is 12.2 Å². The maximum atomic E-state index is 12.2. The number of amides is 1. The van der Waals surface area contributed by atoms with Crippen LogP contribution in [-0.4, -0.2) is 35.1 Å². The molecule has 1 amide bonds. The molecule has 0 aliphatic carbocycles. The van der Waals surface area contributed by atoms with Crippen molar-refractivity contribution in [2.24, 2.45) is 0 Å². The molecule has 0 spiro atoms. The Kier molecular flexibility index (Phi) is 7.56. The van der Waals surface area contributed by atoms with E-state index >= 15 is 0 Å². The molecule has 0 aromatic heterocycles. The first-order chi connectivity index (χ1) is 9.85. The smallest absolute Gasteiger partial charge is 0.408 e. The van der Waals surface area contributed by atoms with Crippen LogP contribution in [0.1, 0.15) is 67.7 Å². The predicted octanol–water partition coefficient (Wildman–Crippen LogP) is 2.98. The molecule has 22 heavy (non-hydrogen) atoms. The molecule has 0 aliphatic heterocycles. The summed E-state index contributed by atoms with van der Waals surface area (Å²) in [6, 6.07) is -1.33. The molecule has 128 valence electrons. The third kappa shape index (κ3) is 9.37. The Morgan fingerprint density at radius 3 is 1.86 bits per heavy atom. The lowest BCUT2D eigenvalue weighted by Crippen LogP contribution is -2.50. The van der Waals surface area contributed by atoms with Gasteiger partial charge in [0.1, 0.15) is 11.2 Å². The van der Waals surface area contributed by atoms with Gasteiger partial charge in [-0.25, -0.2) is 9.59 Å². The summed E-state index contributed by atoms with van der Waals surface area (Å²) in [5.74, 6) is -1.14. The van der Waals surface area contributed by atoms with Crippen LogP contribution in [0.5, 0.6) is 0 Å². The highest BCUT2D eigenvalue weighted by Crippen LogP contribution is 2.12. The van der Waals surface area contributed by atoms with Crippen LogP contribution in [0.2, 0.25) is 0 Å². The van der Waals surface area contributed by atoms with Crippen molar-refractivity contribution < 1.29 is 23.9 Å². The van der Waals surface area contributed by atoms with Crippen molar-refractivity contribution in [3.63, 3.8) is 0 Å². The van der Waals surface area contributed by atoms with Gasteiger partial charge in [0.05, 0.1) is 0 Å². The first-order valence-corrected chi connectivity index (χ1v) is 7.61. The fourth-order valence-corrected chi connectivity index (χ4v) is 1.55. The van der Waals surface area contributed by atoms with Crippen LogP contribution < -0.4 is 5.32 Å². The Balaban J connectivity index is 4.97. The summed E-state index contributed by atoms with van der Waals surface area (Å²) >= 11 is 0. The molecule has 0 unspecified atom stereocenters. The van der Waals surface area contributed by atoms with Gasteiger partial charge >= 0.3 is 12.1 Å². The molecule has 0 rings (SSSR count). The molecule has 1 atom stereocenters. The zero-order valence-corrected chi connectivity index (χ0v) is 14.7. The van der Waals surface area contributed by atoms with Crippen LogP contribution in [0.3, 0.4) is 0 Å². The predicted molar refractivity (Wildman–Crippen MR) is 83.5 cm³/mol. The summed E-state index contributed by atoms with van der Waals surface area (Å²) in [5, 5.41) is 2.32. The van der Waals surface area contributed by atoms with E-state index in [2.05, 4.69) is 5.32 Å². The summed E-state index contributed by atoms with van der Waals surface area (Å²) in [6.45, 7) is 12.1. The Morgan fingerprint density at radius 2 is 1.45 bits per heavy atom. The van der Waals surface area contributed by atoms with Gasteiger partial charge in [-0.15, -0.1) is 0 Å². The van der Waals surface area contributed by atoms with E-state index in [1.54, 1.807) is 41.5 Å². The SMILES string of the molecule is CCCCC(=O)[C@H](NC(=O)OC(C)(C)C)C(=O)OC(C)(C)C. The second kappa shape index (κ2) is 8.15. The van der Waals surface area contributed by atoms with Gasteiger partial charge < -0.3 is 14.8 Å². The monoisotopic (exact) mass is 315 g/mol. The zero-order chi connectivity index (χ0) is 17.6. The summed E-state index contributed by atoms with van der Waals surface area (Å²) in [7, 11) is 0. The Hall–Kier alpha value is -1.59. The number of hydrogen-bond acceptors (Lipinski definition) is 5. The molecule has 6 nitrogen and oxygen atoms in total. The normalized spacial score (nSPS) is 13.2. The molecule has 0 bridgehead atoms. The van der Waals surface area contributed by atoms with Crippen molar-refractivity contribution in [1.82, 2.24) is 5.32 Å². The lowest BCUT2D eigenvalue weighted by atomic mass is 10.1. The maximum absolute atomic E-state index is 12.2. The number of carbonyl (C=O) groups is 3. The number of Topliss-reactive ketones (excluding diaryl/α,β-unsaturated/α-hetero) is 1. The number of ketones is 1. The third-order valence-electron chi connectivity index (χ3n) is 2.40. The zero-order valence-electron chi connectivity index (χ0n) is 14.7. The average Bonchev–Trinajstić information content (AvgIpc) is 2.28. The number of hydrogen-bond donors (Lipinski definition) is 1. The van der Waals surface area contributed by atoms with Crippen LogP contribution in [0.15, 0.2) is 0 Å². The molecule has 0 aromatic rings. The quantitative estimate of drug-likeness (QED) is 0.602. The van der Waals surface area contributed by atoms with Gasteiger partial charge in [0, 0.05) is 6.42 Å². The Morgan fingerprint density at radius 1 is 0.955 bits per heavy atom.